The number of carboxylic acid groups (broad SMARTS) is 2. The predicted octanol–water partition coefficient (Wildman–Crippen LogP) is 5.35. The minimum Gasteiger partial charge on any atom is -0.479 e. The number of aliphatic carboxylic acids is 1. The lowest BCUT2D eigenvalue weighted by Crippen LogP contribution is -2.43. The largest absolute Gasteiger partial charge is 0.479 e. The van der Waals surface area contributed by atoms with Gasteiger partial charge in [0, 0.05) is 18.8 Å². The number of urea groups is 1. The number of rotatable bonds is 9. The Morgan fingerprint density at radius 1 is 1.21 bits per heavy atom. The number of nitrogens with one attached hydrogen (secondary N) is 1. The minimum absolute atomic E-state index is 0.0349. The molecule has 0 spiro atoms. The van der Waals surface area contributed by atoms with E-state index in [1.807, 2.05) is 13.0 Å². The zero-order valence-corrected chi connectivity index (χ0v) is 19.9. The normalized spacial score (nSPS) is 14.0. The standard InChI is InChI=1S/C23H27ClN2O6S/c1-2-25-23(31)26(12-14-7-4-3-5-8-14)16-10-6-9-15(11-16)20-18(24)19(32-13-17(27)28)21(33-20)22(29)30/h6,9-11,14H,2-5,7-8,12-13H2,1H3,(H,25,31)(H,27,28)(H,29,30). The molecule has 3 rings (SSSR count). The van der Waals surface area contributed by atoms with Crippen LogP contribution in [0.1, 0.15) is 48.7 Å². The van der Waals surface area contributed by atoms with E-state index in [0.29, 0.717) is 35.1 Å². The van der Waals surface area contributed by atoms with Gasteiger partial charge < -0.3 is 20.3 Å². The molecule has 1 aliphatic carbocycles. The Bertz CT molecular complexity index is 1020. The molecule has 0 radical (unpaired) electrons. The lowest BCUT2D eigenvalue weighted by molar-refractivity contribution is -0.139. The van der Waals surface area contributed by atoms with Crippen LogP contribution in [0, 0.1) is 5.92 Å². The van der Waals surface area contributed by atoms with E-state index in [2.05, 4.69) is 5.32 Å². The zero-order valence-electron chi connectivity index (χ0n) is 18.3. The monoisotopic (exact) mass is 494 g/mol. The molecule has 1 fully saturated rings. The fourth-order valence-corrected chi connectivity index (χ4v) is 5.38. The van der Waals surface area contributed by atoms with Crippen molar-refractivity contribution in [1.82, 2.24) is 5.32 Å². The van der Waals surface area contributed by atoms with Crippen LogP contribution in [0.25, 0.3) is 10.4 Å². The van der Waals surface area contributed by atoms with Crippen LogP contribution < -0.4 is 15.0 Å². The van der Waals surface area contributed by atoms with Crippen molar-refractivity contribution in [3.05, 3.63) is 34.2 Å². The van der Waals surface area contributed by atoms with Gasteiger partial charge in [-0.2, -0.15) is 0 Å². The third-order valence-corrected chi connectivity index (χ3v) is 7.18. The van der Waals surface area contributed by atoms with E-state index >= 15 is 0 Å². The number of thiophene rings is 1. The summed E-state index contributed by atoms with van der Waals surface area (Å²) < 4.78 is 5.16. The number of anilines is 1. The van der Waals surface area contributed by atoms with Crippen LogP contribution in [0.15, 0.2) is 24.3 Å². The fraction of sp³-hybridized carbons (Fsp3) is 0.435. The van der Waals surface area contributed by atoms with E-state index < -0.39 is 18.5 Å². The molecular formula is C23H27ClN2O6S. The Labute approximate surface area is 201 Å². The van der Waals surface area contributed by atoms with Crippen molar-refractivity contribution in [1.29, 1.82) is 0 Å². The van der Waals surface area contributed by atoms with Crippen LogP contribution in [0.4, 0.5) is 10.5 Å². The van der Waals surface area contributed by atoms with E-state index in [0.717, 1.165) is 37.0 Å². The highest BCUT2D eigenvalue weighted by atomic mass is 35.5. The van der Waals surface area contributed by atoms with Crippen molar-refractivity contribution in [2.24, 2.45) is 5.92 Å². The average molecular weight is 495 g/mol. The zero-order chi connectivity index (χ0) is 24.0. The van der Waals surface area contributed by atoms with Crippen molar-refractivity contribution in [3.8, 4) is 16.2 Å². The Morgan fingerprint density at radius 3 is 2.58 bits per heavy atom. The maximum atomic E-state index is 12.9. The third kappa shape index (κ3) is 6.17. The number of benzene rings is 1. The predicted molar refractivity (Wildman–Crippen MR) is 128 cm³/mol. The first-order chi connectivity index (χ1) is 15.8. The van der Waals surface area contributed by atoms with Crippen molar-refractivity contribution in [2.45, 2.75) is 39.0 Å². The molecule has 2 amide bonds. The molecule has 0 saturated heterocycles. The van der Waals surface area contributed by atoms with Gasteiger partial charge >= 0.3 is 18.0 Å². The van der Waals surface area contributed by atoms with Gasteiger partial charge in [0.2, 0.25) is 0 Å². The molecule has 10 heteroatoms. The van der Waals surface area contributed by atoms with Gasteiger partial charge in [0.05, 0.1) is 4.88 Å². The van der Waals surface area contributed by atoms with E-state index in [-0.39, 0.29) is 21.7 Å². The maximum absolute atomic E-state index is 12.9. The third-order valence-electron chi connectivity index (χ3n) is 5.50. The molecular weight excluding hydrogens is 468 g/mol. The molecule has 0 unspecified atom stereocenters. The molecule has 33 heavy (non-hydrogen) atoms. The maximum Gasteiger partial charge on any atom is 0.349 e. The number of hydrogen-bond acceptors (Lipinski definition) is 5. The lowest BCUT2D eigenvalue weighted by atomic mass is 9.89. The first kappa shape index (κ1) is 24.9. The van der Waals surface area contributed by atoms with Crippen LogP contribution in [0.3, 0.4) is 0 Å². The fourth-order valence-electron chi connectivity index (χ4n) is 3.98. The summed E-state index contributed by atoms with van der Waals surface area (Å²) in [5.41, 5.74) is 1.30. The Morgan fingerprint density at radius 2 is 1.94 bits per heavy atom. The highest BCUT2D eigenvalue weighted by Gasteiger charge is 2.26. The van der Waals surface area contributed by atoms with Crippen molar-refractivity contribution >= 4 is 46.6 Å². The van der Waals surface area contributed by atoms with Crippen molar-refractivity contribution in [2.75, 3.05) is 24.6 Å². The number of halogens is 1. The number of aromatic carboxylic acids is 1. The van der Waals surface area contributed by atoms with E-state index in [9.17, 15) is 19.5 Å². The van der Waals surface area contributed by atoms with E-state index in [1.54, 1.807) is 23.1 Å². The SMILES string of the molecule is CCNC(=O)N(CC1CCCCC1)c1cccc(-c2sc(C(=O)O)c(OCC(=O)O)c2Cl)c1. The molecule has 0 atom stereocenters. The molecule has 0 aliphatic heterocycles. The number of nitrogens with zero attached hydrogens (tertiary/aromatic N) is 1. The molecule has 1 saturated carbocycles. The number of carbonyl (C=O) groups excluding carboxylic acids is 1. The quantitative estimate of drug-likeness (QED) is 0.433. The molecule has 8 nitrogen and oxygen atoms in total. The summed E-state index contributed by atoms with van der Waals surface area (Å²) in [4.78, 5) is 37.4. The Balaban J connectivity index is 1.96. The van der Waals surface area contributed by atoms with Crippen LogP contribution in [-0.2, 0) is 4.79 Å². The molecule has 1 aliphatic rings. The van der Waals surface area contributed by atoms with E-state index in [1.165, 1.54) is 6.42 Å². The van der Waals surface area contributed by atoms with Gasteiger partial charge in [0.1, 0.15) is 5.02 Å². The molecule has 0 bridgehead atoms. The smallest absolute Gasteiger partial charge is 0.349 e. The molecule has 3 N–H and O–H groups in total. The molecule has 1 aromatic heterocycles. The highest BCUT2D eigenvalue weighted by molar-refractivity contribution is 7.18. The van der Waals surface area contributed by atoms with Gasteiger partial charge in [0.25, 0.3) is 0 Å². The number of amides is 2. The van der Waals surface area contributed by atoms with Crippen LogP contribution in [-0.4, -0.2) is 47.9 Å². The Hall–Kier alpha value is -2.78. The van der Waals surface area contributed by atoms with Gasteiger partial charge in [-0.1, -0.05) is 43.0 Å². The van der Waals surface area contributed by atoms with Crippen LogP contribution in [0.5, 0.6) is 5.75 Å². The average Bonchev–Trinajstić information content (AvgIpc) is 3.13. The van der Waals surface area contributed by atoms with Crippen molar-refractivity contribution in [3.63, 3.8) is 0 Å². The summed E-state index contributed by atoms with van der Waals surface area (Å²) in [5, 5.41) is 21.3. The summed E-state index contributed by atoms with van der Waals surface area (Å²) in [5.74, 6) is -2.24. The number of carboxylic acids is 2. The van der Waals surface area contributed by atoms with Crippen LogP contribution >= 0.6 is 22.9 Å². The van der Waals surface area contributed by atoms with Gasteiger partial charge in [0.15, 0.2) is 17.2 Å². The number of hydrogen-bond donors (Lipinski definition) is 3. The first-order valence-electron chi connectivity index (χ1n) is 10.9. The lowest BCUT2D eigenvalue weighted by Gasteiger charge is -2.30. The van der Waals surface area contributed by atoms with Gasteiger partial charge in [-0.25, -0.2) is 14.4 Å². The second kappa shape index (κ2) is 11.4. The summed E-state index contributed by atoms with van der Waals surface area (Å²) >= 11 is 7.33. The molecule has 1 aromatic carbocycles. The second-order valence-corrected chi connectivity index (χ2v) is 9.29. The first-order valence-corrected chi connectivity index (χ1v) is 12.1. The van der Waals surface area contributed by atoms with Crippen molar-refractivity contribution < 1.29 is 29.3 Å². The summed E-state index contributed by atoms with van der Waals surface area (Å²) in [6, 6.07) is 7.00. The molecule has 1 heterocycles. The number of carbonyl (C=O) groups is 3. The van der Waals surface area contributed by atoms with Gasteiger partial charge in [-0.15, -0.1) is 11.3 Å². The van der Waals surface area contributed by atoms with Gasteiger partial charge in [-0.05, 0) is 43.4 Å². The number of ether oxygens (including phenoxy) is 1. The van der Waals surface area contributed by atoms with Gasteiger partial charge in [-0.3, -0.25) is 4.90 Å². The summed E-state index contributed by atoms with van der Waals surface area (Å²) in [6.45, 7) is 2.26. The topological polar surface area (TPSA) is 116 Å². The van der Waals surface area contributed by atoms with E-state index in [4.69, 9.17) is 21.4 Å². The minimum atomic E-state index is -1.26. The summed E-state index contributed by atoms with van der Waals surface area (Å²) in [6.07, 6.45) is 5.71. The van der Waals surface area contributed by atoms with Crippen LogP contribution in [0.2, 0.25) is 5.02 Å². The second-order valence-electron chi connectivity index (χ2n) is 7.89. The summed E-state index contributed by atoms with van der Waals surface area (Å²) in [7, 11) is 0. The molecule has 2 aromatic rings. The molecule has 178 valence electrons. The highest BCUT2D eigenvalue weighted by Crippen LogP contribution is 2.46. The Kier molecular flexibility index (Phi) is 8.57.